The van der Waals surface area contributed by atoms with E-state index in [0.29, 0.717) is 0 Å². The molecule has 86 valence electrons. The van der Waals surface area contributed by atoms with Crippen LogP contribution in [0.3, 0.4) is 0 Å². The molecule has 2 aliphatic rings. The second-order valence-corrected chi connectivity index (χ2v) is 4.17. The van der Waals surface area contributed by atoms with Crippen LogP contribution in [0.1, 0.15) is 19.3 Å². The standard InChI is InChI=1S/C11H21N3O/c1-3-11(12-4-1)13-5-2-6-14-7-9-15-10-8-14/h1-10H2,(H,12,13). The number of aliphatic imine (C=N–C) groups is 1. The number of ether oxygens (including phenoxy) is 1. The van der Waals surface area contributed by atoms with E-state index in [4.69, 9.17) is 4.74 Å². The minimum absolute atomic E-state index is 0.903. The maximum absolute atomic E-state index is 5.31. The molecule has 4 nitrogen and oxygen atoms in total. The third-order valence-corrected chi connectivity index (χ3v) is 2.96. The molecule has 0 aromatic carbocycles. The van der Waals surface area contributed by atoms with Gasteiger partial charge < -0.3 is 10.1 Å². The molecule has 15 heavy (non-hydrogen) atoms. The summed E-state index contributed by atoms with van der Waals surface area (Å²) in [6.07, 6.45) is 3.59. The minimum Gasteiger partial charge on any atom is -0.379 e. The molecule has 0 aliphatic carbocycles. The molecular weight excluding hydrogens is 190 g/mol. The van der Waals surface area contributed by atoms with E-state index < -0.39 is 0 Å². The normalized spacial score (nSPS) is 22.8. The molecular formula is C11H21N3O. The monoisotopic (exact) mass is 211 g/mol. The summed E-state index contributed by atoms with van der Waals surface area (Å²) in [4.78, 5) is 6.87. The number of nitrogens with zero attached hydrogens (tertiary/aromatic N) is 2. The minimum atomic E-state index is 0.903. The van der Waals surface area contributed by atoms with Gasteiger partial charge in [0.25, 0.3) is 0 Å². The first kappa shape index (κ1) is 10.9. The summed E-state index contributed by atoms with van der Waals surface area (Å²) < 4.78 is 5.31. The molecule has 0 unspecified atom stereocenters. The van der Waals surface area contributed by atoms with Crippen LogP contribution in [0.25, 0.3) is 0 Å². The lowest BCUT2D eigenvalue weighted by Crippen LogP contribution is -2.38. The summed E-state index contributed by atoms with van der Waals surface area (Å²) in [6.45, 7) is 7.27. The first-order chi connectivity index (χ1) is 7.45. The summed E-state index contributed by atoms with van der Waals surface area (Å²) in [5.74, 6) is 1.22. The second kappa shape index (κ2) is 6.08. The molecule has 4 heteroatoms. The SMILES string of the molecule is C1CN=C(NCCCN2CCOCC2)C1. The lowest BCUT2D eigenvalue weighted by molar-refractivity contribution is 0.0376. The highest BCUT2D eigenvalue weighted by Crippen LogP contribution is 2.01. The predicted molar refractivity (Wildman–Crippen MR) is 61.4 cm³/mol. The first-order valence-corrected chi connectivity index (χ1v) is 6.02. The molecule has 0 bridgehead atoms. The van der Waals surface area contributed by atoms with E-state index >= 15 is 0 Å². The number of hydrogen-bond acceptors (Lipinski definition) is 4. The van der Waals surface area contributed by atoms with E-state index in [-0.39, 0.29) is 0 Å². The molecule has 0 aromatic rings. The zero-order chi connectivity index (χ0) is 10.3. The molecule has 1 fully saturated rings. The van der Waals surface area contributed by atoms with Crippen molar-refractivity contribution in [3.05, 3.63) is 0 Å². The molecule has 2 rings (SSSR count). The van der Waals surface area contributed by atoms with Crippen molar-refractivity contribution in [2.24, 2.45) is 4.99 Å². The Bertz CT molecular complexity index is 212. The number of amidine groups is 1. The summed E-state index contributed by atoms with van der Waals surface area (Å²) in [6, 6.07) is 0. The van der Waals surface area contributed by atoms with Crippen LogP contribution in [0, 0.1) is 0 Å². The smallest absolute Gasteiger partial charge is 0.0963 e. The maximum Gasteiger partial charge on any atom is 0.0963 e. The fourth-order valence-electron chi connectivity index (χ4n) is 2.04. The third-order valence-electron chi connectivity index (χ3n) is 2.96. The Labute approximate surface area is 91.7 Å². The number of hydrogen-bond donors (Lipinski definition) is 1. The quantitative estimate of drug-likeness (QED) is 0.688. The molecule has 0 atom stereocenters. The average Bonchev–Trinajstić information content (AvgIpc) is 2.79. The van der Waals surface area contributed by atoms with Crippen molar-refractivity contribution in [2.45, 2.75) is 19.3 Å². The fraction of sp³-hybridized carbons (Fsp3) is 0.909. The third kappa shape index (κ3) is 3.80. The highest BCUT2D eigenvalue weighted by atomic mass is 16.5. The molecule has 0 amide bonds. The zero-order valence-electron chi connectivity index (χ0n) is 9.37. The van der Waals surface area contributed by atoms with Gasteiger partial charge in [0.1, 0.15) is 0 Å². The number of morpholine rings is 1. The largest absolute Gasteiger partial charge is 0.379 e. The van der Waals surface area contributed by atoms with E-state index in [1.807, 2.05) is 0 Å². The lowest BCUT2D eigenvalue weighted by atomic mass is 10.3. The Morgan fingerprint density at radius 1 is 1.33 bits per heavy atom. The molecule has 1 saturated heterocycles. The van der Waals surface area contributed by atoms with Crippen LogP contribution in [-0.4, -0.2) is 56.7 Å². The highest BCUT2D eigenvalue weighted by molar-refractivity contribution is 5.83. The second-order valence-electron chi connectivity index (χ2n) is 4.17. The van der Waals surface area contributed by atoms with E-state index in [0.717, 1.165) is 45.8 Å². The Balaban J connectivity index is 1.50. The number of nitrogens with one attached hydrogen (secondary N) is 1. The van der Waals surface area contributed by atoms with E-state index in [1.165, 1.54) is 25.2 Å². The van der Waals surface area contributed by atoms with Crippen LogP contribution in [0.2, 0.25) is 0 Å². The average molecular weight is 211 g/mol. The van der Waals surface area contributed by atoms with Crippen LogP contribution in [0.4, 0.5) is 0 Å². The van der Waals surface area contributed by atoms with Gasteiger partial charge in [-0.2, -0.15) is 0 Å². The summed E-state index contributed by atoms with van der Waals surface area (Å²) in [5.41, 5.74) is 0. The molecule has 0 saturated carbocycles. The van der Waals surface area contributed by atoms with Crippen LogP contribution in [0.15, 0.2) is 4.99 Å². The fourth-order valence-corrected chi connectivity index (χ4v) is 2.04. The molecule has 0 radical (unpaired) electrons. The van der Waals surface area contributed by atoms with Crippen LogP contribution >= 0.6 is 0 Å². The summed E-state index contributed by atoms with van der Waals surface area (Å²) in [5, 5.41) is 3.41. The van der Waals surface area contributed by atoms with Crippen molar-refractivity contribution in [3.8, 4) is 0 Å². The van der Waals surface area contributed by atoms with Crippen molar-refractivity contribution in [1.29, 1.82) is 0 Å². The van der Waals surface area contributed by atoms with Gasteiger partial charge in [0.15, 0.2) is 0 Å². The van der Waals surface area contributed by atoms with Crippen molar-refractivity contribution < 1.29 is 4.74 Å². The van der Waals surface area contributed by atoms with Crippen molar-refractivity contribution in [3.63, 3.8) is 0 Å². The van der Waals surface area contributed by atoms with Gasteiger partial charge >= 0.3 is 0 Å². The van der Waals surface area contributed by atoms with E-state index in [2.05, 4.69) is 15.2 Å². The summed E-state index contributed by atoms with van der Waals surface area (Å²) in [7, 11) is 0. The Hall–Kier alpha value is -0.610. The van der Waals surface area contributed by atoms with Crippen LogP contribution in [0.5, 0.6) is 0 Å². The first-order valence-electron chi connectivity index (χ1n) is 6.02. The Morgan fingerprint density at radius 2 is 2.20 bits per heavy atom. The molecule has 0 spiro atoms. The van der Waals surface area contributed by atoms with E-state index in [9.17, 15) is 0 Å². The van der Waals surface area contributed by atoms with Gasteiger partial charge in [-0.25, -0.2) is 0 Å². The summed E-state index contributed by atoms with van der Waals surface area (Å²) >= 11 is 0. The molecule has 1 N–H and O–H groups in total. The van der Waals surface area contributed by atoms with E-state index in [1.54, 1.807) is 0 Å². The van der Waals surface area contributed by atoms with Gasteiger partial charge in [-0.3, -0.25) is 9.89 Å². The Kier molecular flexibility index (Phi) is 4.41. The lowest BCUT2D eigenvalue weighted by Gasteiger charge is -2.26. The predicted octanol–water partition coefficient (Wildman–Crippen LogP) is 0.491. The van der Waals surface area contributed by atoms with Crippen LogP contribution < -0.4 is 5.32 Å². The highest BCUT2D eigenvalue weighted by Gasteiger charge is 2.09. The van der Waals surface area contributed by atoms with Gasteiger partial charge in [-0.05, 0) is 19.4 Å². The van der Waals surface area contributed by atoms with Gasteiger partial charge in [0.05, 0.1) is 19.0 Å². The van der Waals surface area contributed by atoms with Crippen molar-refractivity contribution in [1.82, 2.24) is 10.2 Å². The Morgan fingerprint density at radius 3 is 2.93 bits per heavy atom. The van der Waals surface area contributed by atoms with Gasteiger partial charge in [0.2, 0.25) is 0 Å². The van der Waals surface area contributed by atoms with Crippen molar-refractivity contribution >= 4 is 5.84 Å². The zero-order valence-corrected chi connectivity index (χ0v) is 9.37. The molecule has 0 aromatic heterocycles. The topological polar surface area (TPSA) is 36.9 Å². The molecule has 2 aliphatic heterocycles. The maximum atomic E-state index is 5.31. The van der Waals surface area contributed by atoms with Crippen molar-refractivity contribution in [2.75, 3.05) is 45.9 Å². The van der Waals surface area contributed by atoms with Gasteiger partial charge in [0, 0.05) is 32.6 Å². The molecule has 2 heterocycles. The number of rotatable bonds is 4. The van der Waals surface area contributed by atoms with Crippen LogP contribution in [-0.2, 0) is 4.74 Å². The van der Waals surface area contributed by atoms with Gasteiger partial charge in [-0.1, -0.05) is 0 Å². The van der Waals surface area contributed by atoms with Gasteiger partial charge in [-0.15, -0.1) is 0 Å².